The van der Waals surface area contributed by atoms with Crippen molar-refractivity contribution in [1.29, 1.82) is 0 Å². The predicted octanol–water partition coefficient (Wildman–Crippen LogP) is 0.823. The van der Waals surface area contributed by atoms with Gasteiger partial charge in [-0.2, -0.15) is 0 Å². The van der Waals surface area contributed by atoms with Crippen LogP contribution in [0.5, 0.6) is 0 Å². The minimum atomic E-state index is -1.10. The summed E-state index contributed by atoms with van der Waals surface area (Å²) in [7, 11) is 0. The molecule has 0 N–H and O–H groups in total. The van der Waals surface area contributed by atoms with Crippen molar-refractivity contribution < 1.29 is 42.9 Å². The Balaban J connectivity index is 3.22. The number of ether oxygens (including phenoxy) is 5. The predicted molar refractivity (Wildman–Crippen MR) is 90.1 cm³/mol. The molecule has 0 saturated carbocycles. The van der Waals surface area contributed by atoms with Crippen molar-refractivity contribution in [1.82, 2.24) is 0 Å². The topological polar surface area (TPSA) is 114 Å². The van der Waals surface area contributed by atoms with Crippen LogP contribution in [-0.4, -0.2) is 66.1 Å². The molecule has 0 unspecified atom stereocenters. The van der Waals surface area contributed by atoms with Gasteiger partial charge in [-0.05, 0) is 5.75 Å². The molecule has 0 aromatic heterocycles. The molecule has 9 nitrogen and oxygen atoms in total. The van der Waals surface area contributed by atoms with Crippen molar-refractivity contribution in [3.05, 3.63) is 0 Å². The van der Waals surface area contributed by atoms with E-state index in [4.69, 9.17) is 23.7 Å². The van der Waals surface area contributed by atoms with Gasteiger partial charge in [-0.15, -0.1) is 11.8 Å². The van der Waals surface area contributed by atoms with Crippen molar-refractivity contribution >= 4 is 35.6 Å². The first-order valence-electron chi connectivity index (χ1n) is 8.07. The van der Waals surface area contributed by atoms with E-state index in [0.717, 1.165) is 0 Å². The van der Waals surface area contributed by atoms with Crippen molar-refractivity contribution in [2.24, 2.45) is 0 Å². The molecule has 26 heavy (non-hydrogen) atoms. The molecule has 5 atom stereocenters. The van der Waals surface area contributed by atoms with Crippen molar-refractivity contribution in [3.63, 3.8) is 0 Å². The summed E-state index contributed by atoms with van der Waals surface area (Å²) >= 11 is 1.32. The van der Waals surface area contributed by atoms with Gasteiger partial charge in [0, 0.05) is 27.7 Å². The third kappa shape index (κ3) is 6.83. The zero-order chi connectivity index (χ0) is 19.9. The molecule has 0 bridgehead atoms. The largest absolute Gasteiger partial charge is 0.463 e. The second-order valence-electron chi connectivity index (χ2n) is 5.52. The Bertz CT molecular complexity index is 536. The first kappa shape index (κ1) is 22.2. The number of hydrogen-bond acceptors (Lipinski definition) is 10. The van der Waals surface area contributed by atoms with Gasteiger partial charge >= 0.3 is 23.9 Å². The highest BCUT2D eigenvalue weighted by molar-refractivity contribution is 7.99. The van der Waals surface area contributed by atoms with Crippen LogP contribution < -0.4 is 0 Å². The Morgan fingerprint density at radius 3 is 1.77 bits per heavy atom. The summed E-state index contributed by atoms with van der Waals surface area (Å²) in [6, 6.07) is 0. The minimum absolute atomic E-state index is 0.210. The van der Waals surface area contributed by atoms with Gasteiger partial charge in [-0.25, -0.2) is 0 Å². The number of esters is 4. The Kier molecular flexibility index (Phi) is 8.86. The van der Waals surface area contributed by atoms with Crippen LogP contribution in [0.15, 0.2) is 0 Å². The quantitative estimate of drug-likeness (QED) is 0.455. The summed E-state index contributed by atoms with van der Waals surface area (Å²) in [5.74, 6) is -1.81. The zero-order valence-electron chi connectivity index (χ0n) is 15.4. The van der Waals surface area contributed by atoms with E-state index in [1.54, 1.807) is 0 Å². The fourth-order valence-electron chi connectivity index (χ4n) is 2.49. The fraction of sp³-hybridized carbons (Fsp3) is 0.750. The van der Waals surface area contributed by atoms with Gasteiger partial charge < -0.3 is 23.7 Å². The molecule has 1 aliphatic rings. The van der Waals surface area contributed by atoms with Crippen LogP contribution in [0.4, 0.5) is 0 Å². The molecule has 0 aromatic rings. The maximum absolute atomic E-state index is 11.6. The summed E-state index contributed by atoms with van der Waals surface area (Å²) in [6.45, 7) is 6.48. The maximum atomic E-state index is 11.6. The fourth-order valence-corrected chi connectivity index (χ4v) is 3.44. The SMILES string of the molecule is CCS[C@@H]1O[C@H](COC(C)=O)[C@H](OC(C)=O)[C@H](OC(C)=O)[C@H]1OC(C)=O. The Morgan fingerprint density at radius 1 is 0.808 bits per heavy atom. The van der Waals surface area contributed by atoms with Crippen LogP contribution in [0.25, 0.3) is 0 Å². The third-order valence-corrected chi connectivity index (χ3v) is 4.32. The van der Waals surface area contributed by atoms with Crippen molar-refractivity contribution in [2.45, 2.75) is 64.5 Å². The number of hydrogen-bond donors (Lipinski definition) is 0. The standard InChI is InChI=1S/C16H24O9S/c1-6-26-16-15(24-11(5)20)14(23-10(4)19)13(22-9(3)18)12(25-16)7-21-8(2)17/h12-16H,6-7H2,1-5H3/t12-,13+,14+,15-,16+/m1/s1. The van der Waals surface area contributed by atoms with Crippen molar-refractivity contribution in [3.8, 4) is 0 Å². The molecule has 1 fully saturated rings. The van der Waals surface area contributed by atoms with E-state index in [1.807, 2.05) is 6.92 Å². The van der Waals surface area contributed by atoms with E-state index in [1.165, 1.54) is 39.5 Å². The molecule has 0 amide bonds. The number of carbonyl (C=O) groups is 4. The molecular formula is C16H24O9S. The second kappa shape index (κ2) is 10.4. The lowest BCUT2D eigenvalue weighted by molar-refractivity contribution is -0.237. The smallest absolute Gasteiger partial charge is 0.303 e. The van der Waals surface area contributed by atoms with Gasteiger partial charge in [0.05, 0.1) is 0 Å². The second-order valence-corrected chi connectivity index (χ2v) is 6.90. The highest BCUT2D eigenvalue weighted by Crippen LogP contribution is 2.34. The van der Waals surface area contributed by atoms with Gasteiger partial charge in [-0.3, -0.25) is 19.2 Å². The van der Waals surface area contributed by atoms with Gasteiger partial charge in [0.2, 0.25) is 0 Å². The van der Waals surface area contributed by atoms with E-state index >= 15 is 0 Å². The van der Waals surface area contributed by atoms with E-state index in [2.05, 4.69) is 0 Å². The minimum Gasteiger partial charge on any atom is -0.463 e. The summed E-state index contributed by atoms with van der Waals surface area (Å²) in [5, 5.41) is 0. The van der Waals surface area contributed by atoms with Crippen LogP contribution in [0, 0.1) is 0 Å². The van der Waals surface area contributed by atoms with E-state index in [0.29, 0.717) is 5.75 Å². The average Bonchev–Trinajstić information content (AvgIpc) is 2.50. The molecular weight excluding hydrogens is 368 g/mol. The summed E-state index contributed by atoms with van der Waals surface area (Å²) in [4.78, 5) is 45.8. The Hall–Kier alpha value is -1.81. The number of thioether (sulfide) groups is 1. The molecule has 1 aliphatic heterocycles. The highest BCUT2D eigenvalue weighted by atomic mass is 32.2. The average molecular weight is 392 g/mol. The van der Waals surface area contributed by atoms with Gasteiger partial charge in [0.25, 0.3) is 0 Å². The van der Waals surface area contributed by atoms with Gasteiger partial charge in [0.1, 0.15) is 18.1 Å². The van der Waals surface area contributed by atoms with Crippen LogP contribution >= 0.6 is 11.8 Å². The summed E-state index contributed by atoms with van der Waals surface area (Å²) in [6.07, 6.45) is -4.07. The Labute approximate surface area is 156 Å². The van der Waals surface area contributed by atoms with E-state index in [-0.39, 0.29) is 6.61 Å². The summed E-state index contributed by atoms with van der Waals surface area (Å²) in [5.41, 5.74) is -0.694. The van der Waals surface area contributed by atoms with Crippen molar-refractivity contribution in [2.75, 3.05) is 12.4 Å². The lowest BCUT2D eigenvalue weighted by Gasteiger charge is -2.44. The van der Waals surface area contributed by atoms with E-state index < -0.39 is 53.7 Å². The maximum Gasteiger partial charge on any atom is 0.303 e. The monoisotopic (exact) mass is 392 g/mol. The first-order valence-corrected chi connectivity index (χ1v) is 9.12. The Morgan fingerprint density at radius 2 is 1.31 bits per heavy atom. The highest BCUT2D eigenvalue weighted by Gasteiger charge is 2.52. The normalized spacial score (nSPS) is 28.0. The molecule has 0 aliphatic carbocycles. The number of carbonyl (C=O) groups excluding carboxylic acids is 4. The number of rotatable bonds is 7. The van der Waals surface area contributed by atoms with Crippen LogP contribution in [0.1, 0.15) is 34.6 Å². The molecule has 10 heteroatoms. The molecule has 0 radical (unpaired) electrons. The summed E-state index contributed by atoms with van der Waals surface area (Å²) < 4.78 is 26.7. The molecule has 1 saturated heterocycles. The van der Waals surface area contributed by atoms with Crippen LogP contribution in [-0.2, 0) is 42.9 Å². The molecule has 0 spiro atoms. The van der Waals surface area contributed by atoms with Crippen LogP contribution in [0.2, 0.25) is 0 Å². The zero-order valence-corrected chi connectivity index (χ0v) is 16.2. The van der Waals surface area contributed by atoms with Gasteiger partial charge in [-0.1, -0.05) is 6.92 Å². The molecule has 148 valence electrons. The lowest BCUT2D eigenvalue weighted by Crippen LogP contribution is -2.61. The molecule has 1 rings (SSSR count). The molecule has 0 aromatic carbocycles. The lowest BCUT2D eigenvalue weighted by atomic mass is 9.99. The third-order valence-electron chi connectivity index (χ3n) is 3.28. The molecule has 1 heterocycles. The van der Waals surface area contributed by atoms with Crippen LogP contribution in [0.3, 0.4) is 0 Å². The first-order chi connectivity index (χ1) is 12.1. The van der Waals surface area contributed by atoms with E-state index in [9.17, 15) is 19.2 Å². The van der Waals surface area contributed by atoms with Gasteiger partial charge in [0.15, 0.2) is 18.3 Å².